The Labute approximate surface area is 183 Å². The Hall–Kier alpha value is -2.40. The lowest BCUT2D eigenvalue weighted by Crippen LogP contribution is -2.63. The van der Waals surface area contributed by atoms with Gasteiger partial charge in [-0.15, -0.1) is 6.58 Å². The third kappa shape index (κ3) is 3.02. The Morgan fingerprint density at radius 1 is 1.13 bits per heavy atom. The fourth-order valence-electron chi connectivity index (χ4n) is 5.46. The monoisotopic (exact) mass is 414 g/mol. The lowest BCUT2D eigenvalue weighted by Gasteiger charge is -2.54. The van der Waals surface area contributed by atoms with Crippen molar-refractivity contribution in [1.82, 2.24) is 9.88 Å². The molecule has 3 fully saturated rings. The summed E-state index contributed by atoms with van der Waals surface area (Å²) in [5, 5.41) is 13.5. The summed E-state index contributed by atoms with van der Waals surface area (Å²) in [4.78, 5) is 7.54. The van der Waals surface area contributed by atoms with Gasteiger partial charge in [-0.25, -0.2) is 0 Å². The first-order valence-electron chi connectivity index (χ1n) is 10.7. The number of nitrogens with zero attached hydrogens (tertiary/aromatic N) is 2. The zero-order valence-electron chi connectivity index (χ0n) is 16.9. The summed E-state index contributed by atoms with van der Waals surface area (Å²) in [6, 6.07) is 19.8. The van der Waals surface area contributed by atoms with E-state index in [2.05, 4.69) is 22.5 Å². The topological polar surface area (TPSA) is 36.4 Å². The molecule has 0 saturated carbocycles. The molecule has 3 aliphatic rings. The van der Waals surface area contributed by atoms with Crippen LogP contribution in [0.3, 0.4) is 0 Å². The zero-order valence-corrected chi connectivity index (χ0v) is 17.8. The average Bonchev–Trinajstić information content (AvgIpc) is 2.83. The van der Waals surface area contributed by atoms with Crippen molar-refractivity contribution in [1.29, 1.82) is 0 Å². The van der Waals surface area contributed by atoms with Crippen molar-refractivity contribution in [3.63, 3.8) is 0 Å². The molecule has 3 saturated heterocycles. The average molecular weight is 415 g/mol. The van der Waals surface area contributed by atoms with Gasteiger partial charge in [0.25, 0.3) is 0 Å². The number of hydrogen-bond acceptors (Lipinski definition) is 4. The van der Waals surface area contributed by atoms with Gasteiger partial charge < -0.3 is 5.11 Å². The number of para-hydroxylation sites is 1. The van der Waals surface area contributed by atoms with E-state index in [0.29, 0.717) is 16.7 Å². The van der Waals surface area contributed by atoms with Crippen molar-refractivity contribution < 1.29 is 5.11 Å². The highest BCUT2D eigenvalue weighted by Crippen LogP contribution is 2.46. The van der Waals surface area contributed by atoms with E-state index < -0.39 is 5.60 Å². The molecular weight excluding hydrogens is 388 g/mol. The van der Waals surface area contributed by atoms with E-state index in [4.69, 9.17) is 12.2 Å². The predicted molar refractivity (Wildman–Crippen MR) is 126 cm³/mol. The van der Waals surface area contributed by atoms with Crippen LogP contribution in [-0.4, -0.2) is 39.0 Å². The fraction of sp³-hybridized carbons (Fsp3) is 0.308. The number of hydrogen-bond donors (Lipinski definition) is 1. The Morgan fingerprint density at radius 3 is 2.63 bits per heavy atom. The summed E-state index contributed by atoms with van der Waals surface area (Å²) in [7, 11) is 0. The molecule has 3 aromatic rings. The smallest absolute Gasteiger partial charge is 0.141 e. The SMILES string of the molecule is C=C[C@@H]1CN2CC[C@H]1C[C@H]2[C@@](O)(C(=S)c1ccccc1)c1ccnc2ccccc12. The Balaban J connectivity index is 1.69. The number of pyridine rings is 1. The maximum Gasteiger partial charge on any atom is 0.141 e. The number of aromatic nitrogens is 1. The lowest BCUT2D eigenvalue weighted by molar-refractivity contribution is -0.0713. The van der Waals surface area contributed by atoms with Crippen LogP contribution in [0.1, 0.15) is 24.0 Å². The second-order valence-corrected chi connectivity index (χ2v) is 8.94. The van der Waals surface area contributed by atoms with Crippen LogP contribution < -0.4 is 0 Å². The standard InChI is InChI=1S/C26H26N2OS/c1-2-18-17-28-15-13-20(18)16-24(28)26(29,25(30)19-8-4-3-5-9-19)22-12-14-27-23-11-7-6-10-21(22)23/h2-12,14,18,20,24,29H,1,13,15-17H2/t18-,20+,24+,26-/m1/s1. The van der Waals surface area contributed by atoms with Gasteiger partial charge in [0.05, 0.1) is 10.4 Å². The summed E-state index contributed by atoms with van der Waals surface area (Å²) in [6.07, 6.45) is 5.94. The van der Waals surface area contributed by atoms with Crippen molar-refractivity contribution in [3.8, 4) is 0 Å². The third-order valence-corrected chi connectivity index (χ3v) is 7.58. The molecule has 2 bridgehead atoms. The Morgan fingerprint density at radius 2 is 1.90 bits per heavy atom. The van der Waals surface area contributed by atoms with Crippen LogP contribution in [0, 0.1) is 11.8 Å². The molecule has 1 N–H and O–H groups in total. The maximum absolute atomic E-state index is 12.6. The molecule has 1 unspecified atom stereocenters. The van der Waals surface area contributed by atoms with E-state index in [1.54, 1.807) is 6.20 Å². The van der Waals surface area contributed by atoms with Gasteiger partial charge in [0.1, 0.15) is 5.60 Å². The first kappa shape index (κ1) is 19.6. The lowest BCUT2D eigenvalue weighted by atomic mass is 9.67. The van der Waals surface area contributed by atoms with Gasteiger partial charge >= 0.3 is 0 Å². The van der Waals surface area contributed by atoms with Crippen LogP contribution >= 0.6 is 12.2 Å². The number of piperidine rings is 3. The third-order valence-electron chi connectivity index (χ3n) is 7.03. The van der Waals surface area contributed by atoms with E-state index >= 15 is 0 Å². The normalized spacial score (nSPS) is 27.5. The van der Waals surface area contributed by atoms with Gasteiger partial charge in [0.15, 0.2) is 0 Å². The predicted octanol–water partition coefficient (Wildman–Crippen LogP) is 4.74. The van der Waals surface area contributed by atoms with Gasteiger partial charge in [0, 0.05) is 29.7 Å². The number of benzene rings is 2. The molecule has 0 spiro atoms. The molecule has 4 heterocycles. The van der Waals surface area contributed by atoms with Crippen LogP contribution in [0.25, 0.3) is 10.9 Å². The first-order valence-corrected chi connectivity index (χ1v) is 11.1. The van der Waals surface area contributed by atoms with Gasteiger partial charge in [-0.2, -0.15) is 0 Å². The van der Waals surface area contributed by atoms with Crippen LogP contribution in [0.4, 0.5) is 0 Å². The minimum absolute atomic E-state index is 0.0639. The molecule has 3 nitrogen and oxygen atoms in total. The highest BCUT2D eigenvalue weighted by atomic mass is 32.1. The second kappa shape index (κ2) is 7.69. The van der Waals surface area contributed by atoms with Crippen LogP contribution in [0.2, 0.25) is 0 Å². The molecule has 30 heavy (non-hydrogen) atoms. The summed E-state index contributed by atoms with van der Waals surface area (Å²) in [6.45, 7) is 5.97. The van der Waals surface area contributed by atoms with Gasteiger partial charge in [-0.3, -0.25) is 9.88 Å². The molecule has 4 heteroatoms. The number of thiocarbonyl (C=S) groups is 1. The molecule has 6 rings (SSSR count). The zero-order chi connectivity index (χ0) is 20.7. The minimum Gasteiger partial charge on any atom is -0.378 e. The second-order valence-electron chi connectivity index (χ2n) is 8.53. The van der Waals surface area contributed by atoms with E-state index in [1.165, 1.54) is 0 Å². The van der Waals surface area contributed by atoms with Crippen molar-refractivity contribution in [2.75, 3.05) is 13.1 Å². The van der Waals surface area contributed by atoms with Crippen molar-refractivity contribution in [2.24, 2.45) is 11.8 Å². The number of rotatable bonds is 5. The van der Waals surface area contributed by atoms with Crippen LogP contribution in [0.15, 0.2) is 79.5 Å². The summed E-state index contributed by atoms with van der Waals surface area (Å²) in [5.74, 6) is 1.02. The van der Waals surface area contributed by atoms with Gasteiger partial charge in [-0.05, 0) is 48.9 Å². The van der Waals surface area contributed by atoms with Gasteiger partial charge in [-0.1, -0.05) is 66.8 Å². The quantitative estimate of drug-likeness (QED) is 0.372. The molecule has 0 amide bonds. The highest BCUT2D eigenvalue weighted by Gasteiger charge is 2.52. The van der Waals surface area contributed by atoms with Crippen LogP contribution in [-0.2, 0) is 5.60 Å². The minimum atomic E-state index is -1.27. The van der Waals surface area contributed by atoms with Crippen molar-refractivity contribution in [2.45, 2.75) is 24.5 Å². The summed E-state index contributed by atoms with van der Waals surface area (Å²) < 4.78 is 0. The molecule has 0 aliphatic carbocycles. The summed E-state index contributed by atoms with van der Waals surface area (Å²) >= 11 is 6.04. The molecule has 152 valence electrons. The maximum atomic E-state index is 12.6. The van der Waals surface area contributed by atoms with E-state index in [1.807, 2.05) is 60.7 Å². The number of fused-ring (bicyclic) bond motifs is 4. The molecule has 5 atom stereocenters. The van der Waals surface area contributed by atoms with Crippen molar-refractivity contribution in [3.05, 3.63) is 90.6 Å². The molecular formula is C26H26N2OS. The van der Waals surface area contributed by atoms with Gasteiger partial charge in [0.2, 0.25) is 0 Å². The molecule has 2 aromatic carbocycles. The number of aliphatic hydroxyl groups is 1. The summed E-state index contributed by atoms with van der Waals surface area (Å²) in [5.41, 5.74) is 1.36. The van der Waals surface area contributed by atoms with E-state index in [0.717, 1.165) is 48.0 Å². The van der Waals surface area contributed by atoms with E-state index in [9.17, 15) is 5.11 Å². The molecule has 1 aromatic heterocycles. The highest BCUT2D eigenvalue weighted by molar-refractivity contribution is 7.81. The van der Waals surface area contributed by atoms with Crippen LogP contribution in [0.5, 0.6) is 0 Å². The molecule has 0 radical (unpaired) electrons. The Kier molecular flexibility index (Phi) is 5.02. The largest absolute Gasteiger partial charge is 0.378 e. The van der Waals surface area contributed by atoms with Crippen molar-refractivity contribution >= 4 is 28.0 Å². The fourth-order valence-corrected chi connectivity index (χ4v) is 5.84. The molecule has 3 aliphatic heterocycles. The van der Waals surface area contributed by atoms with E-state index in [-0.39, 0.29) is 6.04 Å². The first-order chi connectivity index (χ1) is 14.6. The Bertz CT molecular complexity index is 1090.